The summed E-state index contributed by atoms with van der Waals surface area (Å²) in [5.74, 6) is 0.870. The van der Waals surface area contributed by atoms with Crippen molar-refractivity contribution >= 4 is 46.6 Å². The average Bonchev–Trinajstić information content (AvgIpc) is 2.91. The van der Waals surface area contributed by atoms with E-state index >= 15 is 0 Å². The predicted octanol–water partition coefficient (Wildman–Crippen LogP) is 7.37. The van der Waals surface area contributed by atoms with Gasteiger partial charge < -0.3 is 15.4 Å². The van der Waals surface area contributed by atoms with Crippen molar-refractivity contribution in [1.29, 1.82) is 0 Å². The lowest BCUT2D eigenvalue weighted by Gasteiger charge is -2.14. The van der Waals surface area contributed by atoms with Crippen molar-refractivity contribution in [3.05, 3.63) is 101 Å². The summed E-state index contributed by atoms with van der Waals surface area (Å²) in [7, 11) is 1.60. The van der Waals surface area contributed by atoms with Crippen LogP contribution >= 0.6 is 23.4 Å². The van der Waals surface area contributed by atoms with Crippen LogP contribution in [0.1, 0.15) is 35.0 Å². The molecule has 190 valence electrons. The van der Waals surface area contributed by atoms with E-state index in [1.165, 1.54) is 24.4 Å². The SMILES string of the molecule is CCCSc1ccccc1Cc1nc(Nc2ccc(OC)cc2)ncc1C(=O)Nc1c(F)cccc1Cl. The van der Waals surface area contributed by atoms with Gasteiger partial charge >= 0.3 is 0 Å². The standard InChI is InChI=1S/C28H26ClFN4O2S/c1-3-15-37-25-10-5-4-7-18(25)16-24-21(27(35)34-26-22(29)8-6-9-23(26)30)17-31-28(33-24)32-19-11-13-20(36-2)14-12-19/h4-14,17H,3,15-16H2,1-2H3,(H,34,35)(H,31,32,33). The molecule has 1 heterocycles. The molecule has 0 aliphatic carbocycles. The second-order valence-corrected chi connectivity index (χ2v) is 9.64. The lowest BCUT2D eigenvalue weighted by molar-refractivity contribution is 0.102. The third kappa shape index (κ3) is 6.78. The highest BCUT2D eigenvalue weighted by molar-refractivity contribution is 7.99. The molecule has 1 aromatic heterocycles. The largest absolute Gasteiger partial charge is 0.497 e. The highest BCUT2D eigenvalue weighted by Crippen LogP contribution is 2.28. The lowest BCUT2D eigenvalue weighted by Crippen LogP contribution is -2.18. The first-order valence-corrected chi connectivity index (χ1v) is 13.1. The first-order valence-electron chi connectivity index (χ1n) is 11.7. The van der Waals surface area contributed by atoms with Crippen molar-refractivity contribution in [1.82, 2.24) is 9.97 Å². The normalized spacial score (nSPS) is 10.7. The Balaban J connectivity index is 1.69. The number of amides is 1. The molecule has 2 N–H and O–H groups in total. The highest BCUT2D eigenvalue weighted by atomic mass is 35.5. The van der Waals surface area contributed by atoms with Gasteiger partial charge in [-0.25, -0.2) is 14.4 Å². The molecule has 0 aliphatic heterocycles. The second kappa shape index (κ2) is 12.6. The number of thioether (sulfide) groups is 1. The molecular weight excluding hydrogens is 511 g/mol. The Bertz CT molecular complexity index is 1360. The number of anilines is 3. The van der Waals surface area contributed by atoms with Gasteiger partial charge in [0.05, 0.1) is 29.1 Å². The summed E-state index contributed by atoms with van der Waals surface area (Å²) in [6, 6.07) is 19.6. The number of aromatic nitrogens is 2. The molecule has 0 radical (unpaired) electrons. The van der Waals surface area contributed by atoms with Gasteiger partial charge in [-0.1, -0.05) is 42.8 Å². The lowest BCUT2D eigenvalue weighted by atomic mass is 10.1. The maximum absolute atomic E-state index is 14.4. The molecule has 3 aromatic carbocycles. The molecule has 0 aliphatic rings. The van der Waals surface area contributed by atoms with E-state index in [-0.39, 0.29) is 16.3 Å². The number of methoxy groups -OCH3 is 1. The monoisotopic (exact) mass is 536 g/mol. The maximum Gasteiger partial charge on any atom is 0.259 e. The van der Waals surface area contributed by atoms with Gasteiger partial charge in [0.1, 0.15) is 11.6 Å². The Morgan fingerprint density at radius 1 is 1.08 bits per heavy atom. The van der Waals surface area contributed by atoms with Crippen LogP contribution < -0.4 is 15.4 Å². The van der Waals surface area contributed by atoms with E-state index < -0.39 is 11.7 Å². The predicted molar refractivity (Wildman–Crippen MR) is 148 cm³/mol. The number of halogens is 2. The van der Waals surface area contributed by atoms with Gasteiger partial charge in [-0.05, 0) is 60.2 Å². The number of hydrogen-bond acceptors (Lipinski definition) is 6. The third-order valence-electron chi connectivity index (χ3n) is 5.45. The van der Waals surface area contributed by atoms with Crippen LogP contribution in [0.25, 0.3) is 0 Å². The van der Waals surface area contributed by atoms with Crippen molar-refractivity contribution in [2.24, 2.45) is 0 Å². The first kappa shape index (κ1) is 26.4. The quantitative estimate of drug-likeness (QED) is 0.206. The van der Waals surface area contributed by atoms with Gasteiger partial charge in [0.15, 0.2) is 0 Å². The van der Waals surface area contributed by atoms with E-state index in [1.807, 2.05) is 42.5 Å². The van der Waals surface area contributed by atoms with Gasteiger partial charge in [-0.3, -0.25) is 4.79 Å². The number of para-hydroxylation sites is 1. The highest BCUT2D eigenvalue weighted by Gasteiger charge is 2.19. The Labute approximate surface area is 224 Å². The third-order valence-corrected chi connectivity index (χ3v) is 7.09. The fourth-order valence-corrected chi connectivity index (χ4v) is 4.72. The Morgan fingerprint density at radius 2 is 1.86 bits per heavy atom. The smallest absolute Gasteiger partial charge is 0.259 e. The number of benzene rings is 3. The van der Waals surface area contributed by atoms with E-state index in [9.17, 15) is 9.18 Å². The Kier molecular flexibility index (Phi) is 8.98. The molecule has 0 bridgehead atoms. The van der Waals surface area contributed by atoms with Gasteiger partial charge in [-0.15, -0.1) is 11.8 Å². The summed E-state index contributed by atoms with van der Waals surface area (Å²) < 4.78 is 19.6. The van der Waals surface area contributed by atoms with Gasteiger partial charge in [0, 0.05) is 23.2 Å². The van der Waals surface area contributed by atoms with Crippen molar-refractivity contribution in [3.8, 4) is 5.75 Å². The van der Waals surface area contributed by atoms with E-state index in [1.54, 1.807) is 18.9 Å². The fraction of sp³-hybridized carbons (Fsp3) is 0.179. The fourth-order valence-electron chi connectivity index (χ4n) is 3.59. The Morgan fingerprint density at radius 3 is 2.59 bits per heavy atom. The van der Waals surface area contributed by atoms with Gasteiger partial charge in [-0.2, -0.15) is 0 Å². The number of hydrogen-bond donors (Lipinski definition) is 2. The number of carbonyl (C=O) groups excluding carboxylic acids is 1. The molecule has 1 amide bonds. The molecule has 0 saturated heterocycles. The summed E-state index contributed by atoms with van der Waals surface area (Å²) in [6.45, 7) is 2.13. The Hall–Kier alpha value is -3.62. The topological polar surface area (TPSA) is 76.1 Å². The van der Waals surface area contributed by atoms with Crippen LogP contribution in [0.4, 0.5) is 21.7 Å². The van der Waals surface area contributed by atoms with E-state index in [0.29, 0.717) is 18.1 Å². The van der Waals surface area contributed by atoms with Crippen molar-refractivity contribution in [2.45, 2.75) is 24.7 Å². The molecule has 4 aromatic rings. The zero-order chi connectivity index (χ0) is 26.2. The minimum atomic E-state index is -0.623. The van der Waals surface area contributed by atoms with Crippen LogP contribution in [0.3, 0.4) is 0 Å². The first-order chi connectivity index (χ1) is 18.0. The molecular formula is C28H26ClFN4O2S. The molecule has 0 unspecified atom stereocenters. The summed E-state index contributed by atoms with van der Waals surface area (Å²) in [5, 5.41) is 5.86. The van der Waals surface area contributed by atoms with Crippen LogP contribution in [0.5, 0.6) is 5.75 Å². The average molecular weight is 537 g/mol. The number of nitrogens with one attached hydrogen (secondary N) is 2. The van der Waals surface area contributed by atoms with Crippen LogP contribution in [0, 0.1) is 5.82 Å². The summed E-state index contributed by atoms with van der Waals surface area (Å²) >= 11 is 7.89. The molecule has 0 saturated carbocycles. The molecule has 6 nitrogen and oxygen atoms in total. The molecule has 0 fully saturated rings. The minimum Gasteiger partial charge on any atom is -0.497 e. The zero-order valence-electron chi connectivity index (χ0n) is 20.4. The van der Waals surface area contributed by atoms with E-state index in [0.717, 1.165) is 34.1 Å². The van der Waals surface area contributed by atoms with Crippen molar-refractivity contribution < 1.29 is 13.9 Å². The van der Waals surface area contributed by atoms with Crippen LogP contribution in [0.15, 0.2) is 77.8 Å². The maximum atomic E-state index is 14.4. The van der Waals surface area contributed by atoms with Crippen LogP contribution in [-0.2, 0) is 6.42 Å². The van der Waals surface area contributed by atoms with Crippen LogP contribution in [0.2, 0.25) is 5.02 Å². The van der Waals surface area contributed by atoms with Gasteiger partial charge in [0.2, 0.25) is 5.95 Å². The number of carbonyl (C=O) groups is 1. The molecule has 37 heavy (non-hydrogen) atoms. The second-order valence-electron chi connectivity index (χ2n) is 8.09. The van der Waals surface area contributed by atoms with Crippen molar-refractivity contribution in [2.75, 3.05) is 23.5 Å². The number of rotatable bonds is 10. The molecule has 0 atom stereocenters. The van der Waals surface area contributed by atoms with Crippen LogP contribution in [-0.4, -0.2) is 28.7 Å². The molecule has 0 spiro atoms. The summed E-state index contributed by atoms with van der Waals surface area (Å²) in [6.07, 6.45) is 2.88. The van der Waals surface area contributed by atoms with Crippen molar-refractivity contribution in [3.63, 3.8) is 0 Å². The summed E-state index contributed by atoms with van der Waals surface area (Å²) in [5.41, 5.74) is 2.45. The summed E-state index contributed by atoms with van der Waals surface area (Å²) in [4.78, 5) is 23.4. The number of ether oxygens (including phenoxy) is 1. The zero-order valence-corrected chi connectivity index (χ0v) is 22.0. The van der Waals surface area contributed by atoms with Gasteiger partial charge in [0.25, 0.3) is 5.91 Å². The van der Waals surface area contributed by atoms with E-state index in [4.69, 9.17) is 16.3 Å². The molecule has 4 rings (SSSR count). The minimum absolute atomic E-state index is 0.0838. The van der Waals surface area contributed by atoms with E-state index in [2.05, 4.69) is 33.6 Å². The molecule has 9 heteroatoms. The number of nitrogens with zero attached hydrogens (tertiary/aromatic N) is 2.